The molecule has 3 heteroatoms. The van der Waals surface area contributed by atoms with Gasteiger partial charge >= 0.3 is 0 Å². The van der Waals surface area contributed by atoms with Crippen LogP contribution in [0, 0.1) is 6.92 Å². The molecule has 84 valence electrons. The lowest BCUT2D eigenvalue weighted by Crippen LogP contribution is -2.11. The van der Waals surface area contributed by atoms with Crippen LogP contribution < -0.4 is 5.32 Å². The summed E-state index contributed by atoms with van der Waals surface area (Å²) in [7, 11) is 1.96. The zero-order valence-electron chi connectivity index (χ0n) is 9.75. The number of benzene rings is 1. The Bertz CT molecular complexity index is 460. The van der Waals surface area contributed by atoms with Crippen LogP contribution in [-0.2, 0) is 6.42 Å². The van der Waals surface area contributed by atoms with E-state index in [4.69, 9.17) is 0 Å². The van der Waals surface area contributed by atoms with Gasteiger partial charge in [0.1, 0.15) is 0 Å². The number of hydrogen-bond acceptors (Lipinski definition) is 2. The van der Waals surface area contributed by atoms with Crippen molar-refractivity contribution in [2.75, 3.05) is 13.6 Å². The smallest absolute Gasteiger partial charge is 0.0929 e. The van der Waals surface area contributed by atoms with E-state index >= 15 is 0 Å². The monoisotopic (exact) mass is 215 g/mol. The molecule has 16 heavy (non-hydrogen) atoms. The van der Waals surface area contributed by atoms with Gasteiger partial charge in [0.25, 0.3) is 0 Å². The summed E-state index contributed by atoms with van der Waals surface area (Å²) in [6.45, 7) is 3.06. The number of rotatable bonds is 4. The summed E-state index contributed by atoms with van der Waals surface area (Å²) in [5.74, 6) is 0. The van der Waals surface area contributed by atoms with Crippen molar-refractivity contribution in [1.82, 2.24) is 15.3 Å². The zero-order valence-corrected chi connectivity index (χ0v) is 9.75. The fraction of sp³-hybridized carbons (Fsp3) is 0.308. The highest BCUT2D eigenvalue weighted by Crippen LogP contribution is 2.21. The number of nitrogens with zero attached hydrogens (tertiary/aromatic N) is 1. The van der Waals surface area contributed by atoms with E-state index in [0.29, 0.717) is 0 Å². The molecule has 0 saturated heterocycles. The standard InChI is InChI=1S/C13H17N3/c1-10-4-3-5-11(8-10)13-12(6-7-14-2)15-9-16-13/h3-5,8-9,14H,6-7H2,1-2H3,(H,15,16). The maximum Gasteiger partial charge on any atom is 0.0929 e. The first-order chi connectivity index (χ1) is 7.81. The third-order valence-corrected chi connectivity index (χ3v) is 2.63. The molecule has 0 unspecified atom stereocenters. The molecule has 0 fully saturated rings. The fourth-order valence-electron chi connectivity index (χ4n) is 1.80. The summed E-state index contributed by atoms with van der Waals surface area (Å²) in [4.78, 5) is 7.60. The first-order valence-electron chi connectivity index (χ1n) is 5.55. The van der Waals surface area contributed by atoms with Crippen molar-refractivity contribution in [2.24, 2.45) is 0 Å². The predicted molar refractivity (Wildman–Crippen MR) is 66.4 cm³/mol. The molecular formula is C13H17N3. The highest BCUT2D eigenvalue weighted by atomic mass is 14.9. The third-order valence-electron chi connectivity index (χ3n) is 2.63. The molecule has 0 aliphatic heterocycles. The minimum absolute atomic E-state index is 0.959. The number of imidazole rings is 1. The van der Waals surface area contributed by atoms with Gasteiger partial charge in [-0.3, -0.25) is 0 Å². The van der Waals surface area contributed by atoms with Crippen LogP contribution in [0.1, 0.15) is 11.3 Å². The fourth-order valence-corrected chi connectivity index (χ4v) is 1.80. The van der Waals surface area contributed by atoms with Gasteiger partial charge in [0.15, 0.2) is 0 Å². The molecule has 1 aromatic carbocycles. The topological polar surface area (TPSA) is 40.7 Å². The molecule has 2 N–H and O–H groups in total. The van der Waals surface area contributed by atoms with Crippen LogP contribution in [0.4, 0.5) is 0 Å². The first-order valence-corrected chi connectivity index (χ1v) is 5.55. The van der Waals surface area contributed by atoms with Gasteiger partial charge in [-0.2, -0.15) is 0 Å². The molecule has 3 nitrogen and oxygen atoms in total. The van der Waals surface area contributed by atoms with Gasteiger partial charge in [-0.05, 0) is 20.0 Å². The zero-order chi connectivity index (χ0) is 11.4. The van der Waals surface area contributed by atoms with Crippen LogP contribution in [0.15, 0.2) is 30.6 Å². The summed E-state index contributed by atoms with van der Waals surface area (Å²) in [6.07, 6.45) is 2.74. The lowest BCUT2D eigenvalue weighted by Gasteiger charge is -2.03. The van der Waals surface area contributed by atoms with Gasteiger partial charge in [0, 0.05) is 24.2 Å². The molecule has 1 aromatic heterocycles. The Hall–Kier alpha value is -1.61. The molecule has 0 bridgehead atoms. The molecule has 2 aromatic rings. The van der Waals surface area contributed by atoms with Crippen molar-refractivity contribution < 1.29 is 0 Å². The molecule has 0 radical (unpaired) electrons. The minimum Gasteiger partial charge on any atom is -0.348 e. The van der Waals surface area contributed by atoms with Crippen LogP contribution in [-0.4, -0.2) is 23.6 Å². The Morgan fingerprint density at radius 3 is 3.00 bits per heavy atom. The molecule has 0 aliphatic carbocycles. The van der Waals surface area contributed by atoms with Gasteiger partial charge in [-0.15, -0.1) is 0 Å². The van der Waals surface area contributed by atoms with Crippen LogP contribution in [0.25, 0.3) is 11.3 Å². The second-order valence-corrected chi connectivity index (χ2v) is 3.95. The quantitative estimate of drug-likeness (QED) is 0.820. The summed E-state index contributed by atoms with van der Waals surface area (Å²) >= 11 is 0. The third kappa shape index (κ3) is 2.31. The highest BCUT2D eigenvalue weighted by molar-refractivity contribution is 5.62. The molecule has 0 aliphatic rings. The maximum atomic E-state index is 4.40. The van der Waals surface area contributed by atoms with Crippen molar-refractivity contribution in [2.45, 2.75) is 13.3 Å². The molecule has 0 saturated carbocycles. The van der Waals surface area contributed by atoms with Crippen LogP contribution in [0.2, 0.25) is 0 Å². The molecule has 0 spiro atoms. The second-order valence-electron chi connectivity index (χ2n) is 3.95. The first kappa shape index (κ1) is 10.9. The van der Waals surface area contributed by atoms with E-state index in [1.54, 1.807) is 6.33 Å². The summed E-state index contributed by atoms with van der Waals surface area (Å²) < 4.78 is 0. The van der Waals surface area contributed by atoms with Crippen molar-refractivity contribution in [3.8, 4) is 11.3 Å². The Labute approximate surface area is 95.9 Å². The number of nitrogens with one attached hydrogen (secondary N) is 2. The van der Waals surface area contributed by atoms with E-state index < -0.39 is 0 Å². The Balaban J connectivity index is 2.29. The largest absolute Gasteiger partial charge is 0.348 e. The Kier molecular flexibility index (Phi) is 3.37. The van der Waals surface area contributed by atoms with Crippen molar-refractivity contribution >= 4 is 0 Å². The summed E-state index contributed by atoms with van der Waals surface area (Å²) in [6, 6.07) is 8.44. The van der Waals surface area contributed by atoms with E-state index in [0.717, 1.165) is 18.7 Å². The van der Waals surface area contributed by atoms with Gasteiger partial charge in [0.2, 0.25) is 0 Å². The average molecular weight is 215 g/mol. The van der Waals surface area contributed by atoms with E-state index in [2.05, 4.69) is 46.5 Å². The summed E-state index contributed by atoms with van der Waals surface area (Å²) in [5.41, 5.74) is 4.71. The number of aryl methyl sites for hydroxylation is 1. The van der Waals surface area contributed by atoms with Crippen molar-refractivity contribution in [3.63, 3.8) is 0 Å². The van der Waals surface area contributed by atoms with Crippen molar-refractivity contribution in [3.05, 3.63) is 41.9 Å². The highest BCUT2D eigenvalue weighted by Gasteiger charge is 2.07. The van der Waals surface area contributed by atoms with E-state index in [1.807, 2.05) is 7.05 Å². The second kappa shape index (κ2) is 4.94. The lowest BCUT2D eigenvalue weighted by molar-refractivity contribution is 0.781. The molecular weight excluding hydrogens is 198 g/mol. The maximum absolute atomic E-state index is 4.40. The average Bonchev–Trinajstić information content (AvgIpc) is 2.74. The van der Waals surface area contributed by atoms with Crippen LogP contribution in [0.5, 0.6) is 0 Å². The van der Waals surface area contributed by atoms with Gasteiger partial charge < -0.3 is 10.3 Å². The molecule has 0 atom stereocenters. The molecule has 0 amide bonds. The molecule has 2 rings (SSSR count). The number of hydrogen-bond donors (Lipinski definition) is 2. The van der Waals surface area contributed by atoms with Gasteiger partial charge in [-0.1, -0.05) is 23.8 Å². The number of aromatic amines is 1. The summed E-state index contributed by atoms with van der Waals surface area (Å²) in [5, 5.41) is 3.15. The van der Waals surface area contributed by atoms with Crippen molar-refractivity contribution in [1.29, 1.82) is 0 Å². The van der Waals surface area contributed by atoms with Gasteiger partial charge in [0.05, 0.1) is 12.0 Å². The number of H-pyrrole nitrogens is 1. The van der Waals surface area contributed by atoms with Crippen LogP contribution >= 0.6 is 0 Å². The Morgan fingerprint density at radius 2 is 2.25 bits per heavy atom. The minimum atomic E-state index is 0.959. The normalized spacial score (nSPS) is 10.6. The molecule has 1 heterocycles. The van der Waals surface area contributed by atoms with Crippen LogP contribution in [0.3, 0.4) is 0 Å². The Morgan fingerprint density at radius 1 is 1.38 bits per heavy atom. The lowest BCUT2D eigenvalue weighted by atomic mass is 10.1. The number of likely N-dealkylation sites (N-methyl/N-ethyl adjacent to an activating group) is 1. The van der Waals surface area contributed by atoms with E-state index in [9.17, 15) is 0 Å². The predicted octanol–water partition coefficient (Wildman–Crippen LogP) is 2.15. The van der Waals surface area contributed by atoms with E-state index in [1.165, 1.54) is 16.8 Å². The number of aromatic nitrogens is 2. The van der Waals surface area contributed by atoms with Gasteiger partial charge in [-0.25, -0.2) is 4.98 Å². The SMILES string of the molecule is CNCCc1[nH]cnc1-c1cccc(C)c1. The van der Waals surface area contributed by atoms with E-state index in [-0.39, 0.29) is 0 Å².